The predicted molar refractivity (Wildman–Crippen MR) is 80.2 cm³/mol. The highest BCUT2D eigenvalue weighted by atomic mass is 79.9. The van der Waals surface area contributed by atoms with Crippen LogP contribution in [-0.4, -0.2) is 5.11 Å². The molecule has 18 heavy (non-hydrogen) atoms. The van der Waals surface area contributed by atoms with E-state index in [1.54, 1.807) is 12.1 Å². The molecule has 0 radical (unpaired) electrons. The van der Waals surface area contributed by atoms with E-state index in [1.807, 2.05) is 12.1 Å². The lowest BCUT2D eigenvalue weighted by molar-refractivity contribution is 0.475. The number of benzene rings is 2. The van der Waals surface area contributed by atoms with Crippen LogP contribution in [0.3, 0.4) is 0 Å². The summed E-state index contributed by atoms with van der Waals surface area (Å²) in [5, 5.41) is 9.39. The predicted octanol–water partition coefficient (Wildman–Crippen LogP) is 5.06. The van der Waals surface area contributed by atoms with Crippen LogP contribution in [0.5, 0.6) is 5.75 Å². The maximum absolute atomic E-state index is 9.39. The van der Waals surface area contributed by atoms with Crippen LogP contribution in [0.15, 0.2) is 28.7 Å². The van der Waals surface area contributed by atoms with Crippen LogP contribution in [-0.2, 0) is 0 Å². The van der Waals surface area contributed by atoms with Gasteiger partial charge < -0.3 is 5.11 Å². The summed E-state index contributed by atoms with van der Waals surface area (Å²) < 4.78 is 1.19. The van der Waals surface area contributed by atoms with E-state index in [0.29, 0.717) is 5.75 Å². The Balaban J connectivity index is 2.75. The van der Waals surface area contributed by atoms with Crippen molar-refractivity contribution in [3.05, 3.63) is 51.0 Å². The first-order valence-corrected chi connectivity index (χ1v) is 6.78. The second-order valence-corrected chi connectivity index (χ2v) is 5.53. The van der Waals surface area contributed by atoms with Gasteiger partial charge in [-0.05, 0) is 73.2 Å². The Labute approximate surface area is 117 Å². The number of halogens is 1. The molecule has 0 unspecified atom stereocenters. The zero-order valence-electron chi connectivity index (χ0n) is 11.1. The minimum Gasteiger partial charge on any atom is -0.508 e. The summed E-state index contributed by atoms with van der Waals surface area (Å²) in [5.74, 6) is 0.305. The fourth-order valence-corrected chi connectivity index (χ4v) is 2.92. The van der Waals surface area contributed by atoms with Gasteiger partial charge in [-0.25, -0.2) is 0 Å². The quantitative estimate of drug-likeness (QED) is 0.781. The van der Waals surface area contributed by atoms with Crippen LogP contribution in [0.4, 0.5) is 0 Å². The van der Waals surface area contributed by atoms with Gasteiger partial charge in [0.05, 0.1) is 0 Å². The average molecular weight is 305 g/mol. The Hall–Kier alpha value is -1.28. The zero-order chi connectivity index (χ0) is 13.4. The fraction of sp³-hybridized carbons (Fsp3) is 0.250. The molecule has 0 spiro atoms. The maximum Gasteiger partial charge on any atom is 0.115 e. The minimum absolute atomic E-state index is 0.305. The van der Waals surface area contributed by atoms with Gasteiger partial charge in [-0.15, -0.1) is 0 Å². The molecule has 0 bridgehead atoms. The second kappa shape index (κ2) is 4.77. The molecule has 0 aliphatic heterocycles. The first-order valence-electron chi connectivity index (χ1n) is 5.98. The van der Waals surface area contributed by atoms with Crippen molar-refractivity contribution >= 4 is 15.9 Å². The molecule has 2 aromatic rings. The Morgan fingerprint density at radius 1 is 0.778 bits per heavy atom. The molecule has 0 aliphatic carbocycles. The third kappa shape index (κ3) is 2.05. The zero-order valence-corrected chi connectivity index (χ0v) is 12.7. The highest BCUT2D eigenvalue weighted by Gasteiger charge is 2.14. The van der Waals surface area contributed by atoms with Crippen LogP contribution < -0.4 is 0 Å². The highest BCUT2D eigenvalue weighted by Crippen LogP contribution is 2.36. The van der Waals surface area contributed by atoms with Crippen molar-refractivity contribution in [3.8, 4) is 16.9 Å². The fourth-order valence-electron chi connectivity index (χ4n) is 2.33. The van der Waals surface area contributed by atoms with Crippen molar-refractivity contribution in [1.29, 1.82) is 0 Å². The Morgan fingerprint density at radius 2 is 1.22 bits per heavy atom. The molecule has 0 amide bonds. The first kappa shape index (κ1) is 13.2. The number of hydrogen-bond donors (Lipinski definition) is 1. The van der Waals surface area contributed by atoms with Gasteiger partial charge in [-0.2, -0.15) is 0 Å². The molecule has 0 fully saturated rings. The van der Waals surface area contributed by atoms with Crippen LogP contribution in [0.25, 0.3) is 11.1 Å². The number of phenols is 1. The first-order chi connectivity index (χ1) is 8.43. The van der Waals surface area contributed by atoms with E-state index in [9.17, 15) is 5.11 Å². The third-order valence-corrected chi connectivity index (χ3v) is 4.88. The highest BCUT2D eigenvalue weighted by molar-refractivity contribution is 9.10. The summed E-state index contributed by atoms with van der Waals surface area (Å²) in [6.45, 7) is 8.56. The summed E-state index contributed by atoms with van der Waals surface area (Å²) in [6.07, 6.45) is 0. The Kier molecular flexibility index (Phi) is 3.49. The van der Waals surface area contributed by atoms with E-state index in [0.717, 1.165) is 5.56 Å². The molecule has 0 heterocycles. The van der Waals surface area contributed by atoms with E-state index < -0.39 is 0 Å². The summed E-state index contributed by atoms with van der Waals surface area (Å²) in [7, 11) is 0. The summed E-state index contributed by atoms with van der Waals surface area (Å²) in [6, 6.07) is 7.41. The molecule has 0 aliphatic rings. The van der Waals surface area contributed by atoms with Gasteiger partial charge in [0.25, 0.3) is 0 Å². The van der Waals surface area contributed by atoms with E-state index in [-0.39, 0.29) is 0 Å². The van der Waals surface area contributed by atoms with Gasteiger partial charge in [0.2, 0.25) is 0 Å². The summed E-state index contributed by atoms with van der Waals surface area (Å²) in [4.78, 5) is 0. The van der Waals surface area contributed by atoms with Crippen molar-refractivity contribution in [2.24, 2.45) is 0 Å². The molecule has 2 aromatic carbocycles. The van der Waals surface area contributed by atoms with Crippen molar-refractivity contribution < 1.29 is 5.11 Å². The van der Waals surface area contributed by atoms with Gasteiger partial charge in [0, 0.05) is 4.47 Å². The van der Waals surface area contributed by atoms with Crippen molar-refractivity contribution in [1.82, 2.24) is 0 Å². The third-order valence-electron chi connectivity index (χ3n) is 3.69. The lowest BCUT2D eigenvalue weighted by Crippen LogP contribution is -1.97. The maximum atomic E-state index is 9.39. The molecule has 1 N–H and O–H groups in total. The average Bonchev–Trinajstić information content (AvgIpc) is 2.36. The summed E-state index contributed by atoms with van der Waals surface area (Å²) >= 11 is 3.66. The lowest BCUT2D eigenvalue weighted by atomic mass is 9.90. The standard InChI is InChI=1S/C16H17BrO/c1-9-11(3)16(17)12(4)10(2)15(9)13-5-7-14(18)8-6-13/h5-8,18H,1-4H3. The molecule has 94 valence electrons. The monoisotopic (exact) mass is 304 g/mol. The smallest absolute Gasteiger partial charge is 0.115 e. The minimum atomic E-state index is 0.305. The number of phenolic OH excluding ortho intramolecular Hbond substituents is 1. The van der Waals surface area contributed by atoms with Crippen LogP contribution in [0.2, 0.25) is 0 Å². The van der Waals surface area contributed by atoms with Gasteiger partial charge in [0.15, 0.2) is 0 Å². The van der Waals surface area contributed by atoms with E-state index in [2.05, 4.69) is 43.6 Å². The molecule has 2 heteroatoms. The van der Waals surface area contributed by atoms with Crippen LogP contribution >= 0.6 is 15.9 Å². The van der Waals surface area contributed by atoms with E-state index >= 15 is 0 Å². The van der Waals surface area contributed by atoms with Gasteiger partial charge in [-0.1, -0.05) is 28.1 Å². The molecule has 0 saturated carbocycles. The van der Waals surface area contributed by atoms with Crippen LogP contribution in [0, 0.1) is 27.7 Å². The molecular weight excluding hydrogens is 288 g/mol. The molecule has 0 atom stereocenters. The number of rotatable bonds is 1. The van der Waals surface area contributed by atoms with E-state index in [4.69, 9.17) is 0 Å². The SMILES string of the molecule is Cc1c(C)c(-c2ccc(O)cc2)c(C)c(C)c1Br. The molecular formula is C16H17BrO. The van der Waals surface area contributed by atoms with Crippen molar-refractivity contribution in [3.63, 3.8) is 0 Å². The Morgan fingerprint density at radius 3 is 1.67 bits per heavy atom. The topological polar surface area (TPSA) is 20.2 Å². The van der Waals surface area contributed by atoms with Gasteiger partial charge >= 0.3 is 0 Å². The molecule has 0 saturated heterocycles. The van der Waals surface area contributed by atoms with Crippen LogP contribution in [0.1, 0.15) is 22.3 Å². The molecule has 2 rings (SSSR count). The largest absolute Gasteiger partial charge is 0.508 e. The lowest BCUT2D eigenvalue weighted by Gasteiger charge is -2.18. The summed E-state index contributed by atoms with van der Waals surface area (Å²) in [5.41, 5.74) is 7.56. The van der Waals surface area contributed by atoms with E-state index in [1.165, 1.54) is 32.3 Å². The van der Waals surface area contributed by atoms with Gasteiger partial charge in [-0.3, -0.25) is 0 Å². The second-order valence-electron chi connectivity index (χ2n) is 4.74. The number of hydrogen-bond acceptors (Lipinski definition) is 1. The Bertz CT molecular complexity index is 568. The van der Waals surface area contributed by atoms with Crippen molar-refractivity contribution in [2.75, 3.05) is 0 Å². The number of aromatic hydroxyl groups is 1. The van der Waals surface area contributed by atoms with Crippen molar-refractivity contribution in [2.45, 2.75) is 27.7 Å². The molecule has 1 nitrogen and oxygen atoms in total. The normalized spacial score (nSPS) is 10.7. The van der Waals surface area contributed by atoms with Gasteiger partial charge in [0.1, 0.15) is 5.75 Å². The molecule has 0 aromatic heterocycles.